The Kier molecular flexibility index (Phi) is 7.90. The molecule has 0 radical (unpaired) electrons. The van der Waals surface area contributed by atoms with Crippen LogP contribution >= 0.6 is 35.0 Å². The van der Waals surface area contributed by atoms with Gasteiger partial charge in [-0.3, -0.25) is 14.3 Å². The maximum absolute atomic E-state index is 12.8. The van der Waals surface area contributed by atoms with Crippen molar-refractivity contribution in [1.82, 2.24) is 4.90 Å². The zero-order valence-electron chi connectivity index (χ0n) is 20.1. The highest BCUT2D eigenvalue weighted by atomic mass is 35.5. The van der Waals surface area contributed by atoms with Crippen molar-refractivity contribution < 1.29 is 22.4 Å². The van der Waals surface area contributed by atoms with Gasteiger partial charge in [-0.05, 0) is 72.3 Å². The lowest BCUT2D eigenvalue weighted by Gasteiger charge is -2.23. The lowest BCUT2D eigenvalue weighted by Crippen LogP contribution is -2.27. The van der Waals surface area contributed by atoms with E-state index in [1.54, 1.807) is 29.4 Å². The number of carbonyl (C=O) groups is 2. The molecular formula is C27H21Cl2N3O5S2. The number of hydrogen-bond donors (Lipinski definition) is 2. The van der Waals surface area contributed by atoms with Crippen molar-refractivity contribution in [2.75, 3.05) is 15.8 Å². The van der Waals surface area contributed by atoms with E-state index in [-0.39, 0.29) is 27.8 Å². The average molecular weight is 603 g/mol. The fourth-order valence-electron chi connectivity index (χ4n) is 4.02. The Labute approximate surface area is 239 Å². The van der Waals surface area contributed by atoms with Crippen molar-refractivity contribution in [3.63, 3.8) is 0 Å². The van der Waals surface area contributed by atoms with Crippen LogP contribution in [0.25, 0.3) is 0 Å². The number of nitrogens with one attached hydrogen (secondary N) is 2. The Balaban J connectivity index is 1.23. The van der Waals surface area contributed by atoms with Gasteiger partial charge in [0.25, 0.3) is 15.9 Å². The number of nitrogens with zero attached hydrogens (tertiary/aromatic N) is 1. The summed E-state index contributed by atoms with van der Waals surface area (Å²) < 4.78 is 33.3. The van der Waals surface area contributed by atoms with Gasteiger partial charge >= 0.3 is 0 Å². The van der Waals surface area contributed by atoms with E-state index in [1.807, 2.05) is 18.2 Å². The molecule has 5 rings (SSSR count). The first-order valence-electron chi connectivity index (χ1n) is 11.6. The molecule has 0 aliphatic carbocycles. The molecule has 8 nitrogen and oxygen atoms in total. The summed E-state index contributed by atoms with van der Waals surface area (Å²) in [5.74, 6) is 0.754. The van der Waals surface area contributed by atoms with Gasteiger partial charge in [0, 0.05) is 21.3 Å². The predicted octanol–water partition coefficient (Wildman–Crippen LogP) is 6.41. The molecule has 2 heterocycles. The van der Waals surface area contributed by atoms with E-state index in [4.69, 9.17) is 27.6 Å². The van der Waals surface area contributed by atoms with Crippen LogP contribution in [0.5, 0.6) is 0 Å². The summed E-state index contributed by atoms with van der Waals surface area (Å²) in [7, 11) is -3.90. The molecule has 1 fully saturated rings. The molecule has 0 saturated carbocycles. The second-order valence-corrected chi connectivity index (χ2v) is 12.3. The smallest absolute Gasteiger partial charge is 0.261 e. The number of carbonyl (C=O) groups excluding carboxylic acids is 2. The second kappa shape index (κ2) is 11.4. The van der Waals surface area contributed by atoms with Crippen LogP contribution < -0.4 is 10.0 Å². The van der Waals surface area contributed by atoms with E-state index in [1.165, 1.54) is 54.2 Å². The third-order valence-electron chi connectivity index (χ3n) is 5.87. The van der Waals surface area contributed by atoms with Crippen LogP contribution in [0.2, 0.25) is 10.0 Å². The molecule has 2 amide bonds. The molecule has 1 atom stereocenters. The van der Waals surface area contributed by atoms with Crippen LogP contribution in [-0.2, 0) is 21.4 Å². The van der Waals surface area contributed by atoms with E-state index in [0.717, 1.165) is 5.56 Å². The van der Waals surface area contributed by atoms with Gasteiger partial charge in [0.1, 0.15) is 11.1 Å². The quantitative estimate of drug-likeness (QED) is 0.241. The Hall–Kier alpha value is -3.44. The molecule has 1 aromatic heterocycles. The van der Waals surface area contributed by atoms with Gasteiger partial charge in [-0.2, -0.15) is 0 Å². The normalized spacial score (nSPS) is 15.4. The summed E-state index contributed by atoms with van der Waals surface area (Å²) in [6, 6.07) is 20.8. The number of anilines is 2. The largest absolute Gasteiger partial charge is 0.467 e. The lowest BCUT2D eigenvalue weighted by molar-refractivity contribution is -0.128. The van der Waals surface area contributed by atoms with Gasteiger partial charge in [-0.1, -0.05) is 35.3 Å². The maximum atomic E-state index is 12.8. The zero-order chi connectivity index (χ0) is 27.6. The number of thioether (sulfide) groups is 1. The van der Waals surface area contributed by atoms with Crippen LogP contribution in [0.15, 0.2) is 94.4 Å². The molecule has 12 heteroatoms. The summed E-state index contributed by atoms with van der Waals surface area (Å²) in [5, 5.41) is 3.19. The molecule has 0 spiro atoms. The SMILES string of the molecule is O=C(Nc1ccc(S(=O)(=O)Nc2cc(Cl)cc(Cl)c2)cc1)c1ccc([C@H]2SCC(=O)N2Cc2ccco2)cc1. The first-order chi connectivity index (χ1) is 18.7. The Morgan fingerprint density at radius 1 is 0.974 bits per heavy atom. The Morgan fingerprint density at radius 2 is 1.67 bits per heavy atom. The predicted molar refractivity (Wildman–Crippen MR) is 153 cm³/mol. The highest BCUT2D eigenvalue weighted by molar-refractivity contribution is 8.00. The Morgan fingerprint density at radius 3 is 2.31 bits per heavy atom. The number of sulfonamides is 1. The van der Waals surface area contributed by atoms with E-state index in [0.29, 0.717) is 39.4 Å². The van der Waals surface area contributed by atoms with Gasteiger partial charge in [-0.15, -0.1) is 11.8 Å². The summed E-state index contributed by atoms with van der Waals surface area (Å²) >= 11 is 13.4. The molecule has 2 N–H and O–H groups in total. The molecule has 1 aliphatic heterocycles. The van der Waals surface area contributed by atoms with Crippen LogP contribution in [0, 0.1) is 0 Å². The fourth-order valence-corrected chi connectivity index (χ4v) is 6.77. The van der Waals surface area contributed by atoms with E-state index in [2.05, 4.69) is 10.0 Å². The highest BCUT2D eigenvalue weighted by Gasteiger charge is 2.33. The summed E-state index contributed by atoms with van der Waals surface area (Å²) in [6.45, 7) is 0.375. The van der Waals surface area contributed by atoms with Crippen LogP contribution in [-0.4, -0.2) is 30.9 Å². The molecule has 1 saturated heterocycles. The fraction of sp³-hybridized carbons (Fsp3) is 0.111. The molecular weight excluding hydrogens is 581 g/mol. The summed E-state index contributed by atoms with van der Waals surface area (Å²) in [4.78, 5) is 27.0. The van der Waals surface area contributed by atoms with Crippen LogP contribution in [0.4, 0.5) is 11.4 Å². The van der Waals surface area contributed by atoms with Crippen molar-refractivity contribution in [3.8, 4) is 0 Å². The third-order valence-corrected chi connectivity index (χ3v) is 8.96. The second-order valence-electron chi connectivity index (χ2n) is 8.63. The van der Waals surface area contributed by atoms with Gasteiger partial charge in [-0.25, -0.2) is 8.42 Å². The van der Waals surface area contributed by atoms with Crippen LogP contribution in [0.3, 0.4) is 0 Å². The van der Waals surface area contributed by atoms with E-state index >= 15 is 0 Å². The number of hydrogen-bond acceptors (Lipinski definition) is 6. The molecule has 0 bridgehead atoms. The van der Waals surface area contributed by atoms with Gasteiger partial charge in [0.15, 0.2) is 0 Å². The molecule has 3 aromatic carbocycles. The number of furan rings is 1. The van der Waals surface area contributed by atoms with Crippen molar-refractivity contribution in [3.05, 3.63) is 112 Å². The summed E-state index contributed by atoms with van der Waals surface area (Å²) in [5.41, 5.74) is 1.98. The lowest BCUT2D eigenvalue weighted by atomic mass is 10.1. The molecule has 200 valence electrons. The minimum absolute atomic E-state index is 0.00339. The number of halogens is 2. The number of amides is 2. The number of rotatable bonds is 8. The van der Waals surface area contributed by atoms with Gasteiger partial charge in [0.2, 0.25) is 5.91 Å². The minimum atomic E-state index is -3.90. The van der Waals surface area contributed by atoms with Crippen molar-refractivity contribution >= 4 is 68.2 Å². The molecule has 0 unspecified atom stereocenters. The van der Waals surface area contributed by atoms with Crippen LogP contribution in [0.1, 0.15) is 27.1 Å². The van der Waals surface area contributed by atoms with Gasteiger partial charge < -0.3 is 14.6 Å². The molecule has 39 heavy (non-hydrogen) atoms. The standard InChI is InChI=1S/C27H21Cl2N3O5S2/c28-19-12-20(29)14-22(13-19)31-39(35,36)24-9-7-21(8-10-24)30-26(34)17-3-5-18(6-4-17)27-32(25(33)16-38-27)15-23-2-1-11-37-23/h1-14,27,31H,15-16H2,(H,30,34)/t27-/m1/s1. The molecule has 1 aliphatic rings. The minimum Gasteiger partial charge on any atom is -0.467 e. The van der Waals surface area contributed by atoms with Crippen molar-refractivity contribution in [2.45, 2.75) is 16.8 Å². The highest BCUT2D eigenvalue weighted by Crippen LogP contribution is 2.39. The monoisotopic (exact) mass is 601 g/mol. The zero-order valence-corrected chi connectivity index (χ0v) is 23.3. The third kappa shape index (κ3) is 6.42. The van der Waals surface area contributed by atoms with E-state index < -0.39 is 10.0 Å². The topological polar surface area (TPSA) is 109 Å². The molecule has 4 aromatic rings. The van der Waals surface area contributed by atoms with E-state index in [9.17, 15) is 18.0 Å². The maximum Gasteiger partial charge on any atom is 0.261 e. The number of benzene rings is 3. The summed E-state index contributed by atoms with van der Waals surface area (Å²) in [6.07, 6.45) is 1.58. The first kappa shape index (κ1) is 27.1. The van der Waals surface area contributed by atoms with Crippen molar-refractivity contribution in [1.29, 1.82) is 0 Å². The Bertz CT molecular complexity index is 1590. The first-order valence-corrected chi connectivity index (χ1v) is 14.9. The van der Waals surface area contributed by atoms with Crippen molar-refractivity contribution in [2.24, 2.45) is 0 Å². The van der Waals surface area contributed by atoms with Gasteiger partial charge in [0.05, 0.1) is 29.1 Å². The average Bonchev–Trinajstić information content (AvgIpc) is 3.54.